The monoisotopic (exact) mass is 1700 g/mol. The summed E-state index contributed by atoms with van der Waals surface area (Å²) in [5, 5.41) is 13.4. The molecule has 0 amide bonds. The quantitative estimate of drug-likeness (QED) is 0.0655. The van der Waals surface area contributed by atoms with Crippen LogP contribution in [0.1, 0.15) is 0 Å². The summed E-state index contributed by atoms with van der Waals surface area (Å²) in [4.78, 5) is 62.7. The van der Waals surface area contributed by atoms with Gasteiger partial charge in [0.05, 0.1) is 56.1 Å². The number of hydrogen-bond donors (Lipinski definition) is 6. The predicted molar refractivity (Wildman–Crippen MR) is 471 cm³/mol. The zero-order valence-corrected chi connectivity index (χ0v) is 65.9. The molecule has 0 atom stereocenters. The van der Waals surface area contributed by atoms with E-state index >= 15 is 0 Å². The van der Waals surface area contributed by atoms with Gasteiger partial charge in [-0.3, -0.25) is 24.9 Å². The number of nitrogen functional groups attached to an aromatic ring is 5. The Kier molecular flexibility index (Phi) is 23.9. The van der Waals surface area contributed by atoms with Crippen LogP contribution < -0.4 is 33.4 Å². The molecule has 0 saturated heterocycles. The summed E-state index contributed by atoms with van der Waals surface area (Å²) in [6.07, 6.45) is 10.3. The third kappa shape index (κ3) is 18.8. The Morgan fingerprint density at radius 3 is 0.929 bits per heavy atom. The molecule has 10 aromatic carbocycles. The summed E-state index contributed by atoms with van der Waals surface area (Å²) < 4.78 is 124. The van der Waals surface area contributed by atoms with Crippen molar-refractivity contribution in [2.24, 2.45) is 0 Å². The number of ether oxygens (including phenoxy) is 1. The minimum absolute atomic E-state index is 0.105. The Hall–Kier alpha value is -17.4. The molecule has 0 aliphatic carbocycles. The van der Waals surface area contributed by atoms with Crippen molar-refractivity contribution in [1.29, 1.82) is 0 Å². The van der Waals surface area contributed by atoms with Crippen molar-refractivity contribution in [1.82, 2.24) is 74.8 Å². The lowest BCUT2D eigenvalue weighted by Crippen LogP contribution is -2.17. The Labute approximate surface area is 714 Å². The van der Waals surface area contributed by atoms with E-state index < -0.39 is 41.3 Å². The molecule has 31 heteroatoms. The number of anilines is 5. The molecule has 20 aromatic rings. The summed E-state index contributed by atoms with van der Waals surface area (Å²) in [5.74, 6) is -2.36. The smallest absolute Gasteiger partial charge is 0.508 e. The molecule has 0 saturated carbocycles. The Bertz CT molecular complexity index is 7550. The number of aromatic hydroxyl groups is 1. The van der Waals surface area contributed by atoms with E-state index in [-0.39, 0.29) is 22.6 Å². The molecule has 0 unspecified atom stereocenters. The Morgan fingerprint density at radius 2 is 0.559 bits per heavy atom. The summed E-state index contributed by atoms with van der Waals surface area (Å²) in [6, 6.07) is 69.4. The van der Waals surface area contributed by atoms with E-state index in [9.17, 15) is 44.6 Å². The number of fused-ring (bicyclic) bond motifs is 5. The number of nitrogens with zero attached hydrogens (tertiary/aromatic N) is 15. The van der Waals surface area contributed by atoms with Crippen LogP contribution in [0.3, 0.4) is 0 Å². The second kappa shape index (κ2) is 36.5. The molecular weight excluding hydrogens is 1640 g/mol. The average molecular weight is 1700 g/mol. The van der Waals surface area contributed by atoms with Gasteiger partial charge in [-0.15, -0.1) is 13.2 Å². The van der Waals surface area contributed by atoms with Crippen LogP contribution in [0.4, 0.5) is 68.6 Å². The largest absolute Gasteiger partial charge is 0.573 e. The average Bonchev–Trinajstić information content (AvgIpc) is 0.796. The molecule has 0 bridgehead atoms. The SMILES string of the molecule is Nc1ncnc2ccc(-c3cccnc3-c3cc(F)ccc3F)cc12.Nc1ncnc2ccc(-c3cccnc3-c3ccc(F)c(F)c3)cc12.Nc1ncnc2ccc(-c3cccnc3-c3ccc(F)cc3F)cc12.Nc1ncnc2ccc(-c3cccnc3-c3cccc(O)c3)cc12.Nc1ncnc2ccc(-c3cccnc3-c3cccc(OC(F)(F)F)c3)cc12. The number of pyridine rings is 5. The highest BCUT2D eigenvalue weighted by atomic mass is 19.4. The van der Waals surface area contributed by atoms with Gasteiger partial charge in [0.1, 0.15) is 95.5 Å². The number of halogens is 9. The summed E-state index contributed by atoms with van der Waals surface area (Å²) in [7, 11) is 0. The van der Waals surface area contributed by atoms with Crippen molar-refractivity contribution in [3.63, 3.8) is 0 Å². The fourth-order valence-electron chi connectivity index (χ4n) is 14.0. The molecule has 0 fully saturated rings. The van der Waals surface area contributed by atoms with Crippen molar-refractivity contribution in [2.75, 3.05) is 28.7 Å². The molecule has 20 rings (SSSR count). The topological polar surface area (TPSA) is 353 Å². The molecule has 10 aromatic heterocycles. The van der Waals surface area contributed by atoms with Crippen molar-refractivity contribution >= 4 is 83.6 Å². The second-order valence-corrected chi connectivity index (χ2v) is 28.0. The summed E-state index contributed by atoms with van der Waals surface area (Å²) in [5.41, 5.74) is 46.1. The van der Waals surface area contributed by atoms with Crippen molar-refractivity contribution < 1.29 is 49.4 Å². The number of hydrogen-bond acceptors (Lipinski definition) is 22. The van der Waals surface area contributed by atoms with Crippen molar-refractivity contribution in [2.45, 2.75) is 6.36 Å². The van der Waals surface area contributed by atoms with Crippen LogP contribution in [0, 0.1) is 34.9 Å². The highest BCUT2D eigenvalue weighted by Crippen LogP contribution is 2.41. The predicted octanol–water partition coefficient (Wildman–Crippen LogP) is 21.1. The number of aromatic nitrogens is 15. The van der Waals surface area contributed by atoms with Gasteiger partial charge in [0, 0.05) is 120 Å². The maximum Gasteiger partial charge on any atom is 0.573 e. The Morgan fingerprint density at radius 1 is 0.236 bits per heavy atom. The van der Waals surface area contributed by atoms with Gasteiger partial charge in [-0.05, 0) is 192 Å². The fourth-order valence-corrected chi connectivity index (χ4v) is 14.0. The number of nitrogens with two attached hydrogens (primary N) is 5. The highest BCUT2D eigenvalue weighted by molar-refractivity contribution is 5.99. The lowest BCUT2D eigenvalue weighted by Gasteiger charge is -2.12. The lowest BCUT2D eigenvalue weighted by atomic mass is 9.98. The molecule has 0 radical (unpaired) electrons. The number of phenols is 1. The van der Waals surface area contributed by atoms with Crippen molar-refractivity contribution in [3.8, 4) is 123 Å². The van der Waals surface area contributed by atoms with Crippen LogP contribution in [-0.2, 0) is 0 Å². The van der Waals surface area contributed by atoms with Crippen LogP contribution in [0.25, 0.3) is 166 Å². The molecule has 127 heavy (non-hydrogen) atoms. The van der Waals surface area contributed by atoms with Gasteiger partial charge in [0.15, 0.2) is 11.6 Å². The van der Waals surface area contributed by atoms with Crippen LogP contribution >= 0.6 is 0 Å². The van der Waals surface area contributed by atoms with Crippen LogP contribution in [0.5, 0.6) is 11.5 Å². The maximum atomic E-state index is 14.2. The first kappa shape index (κ1) is 83.3. The van der Waals surface area contributed by atoms with Crippen molar-refractivity contribution in [3.05, 3.63) is 352 Å². The minimum Gasteiger partial charge on any atom is -0.508 e. The van der Waals surface area contributed by atoms with Crippen LogP contribution in [0.2, 0.25) is 0 Å². The molecular formula is C96H63F9N20O2. The zero-order valence-electron chi connectivity index (χ0n) is 65.9. The van der Waals surface area contributed by atoms with E-state index in [1.54, 1.807) is 91.6 Å². The maximum absolute atomic E-state index is 14.2. The van der Waals surface area contributed by atoms with Gasteiger partial charge < -0.3 is 38.5 Å². The number of phenolic OH excluding ortho intramolecular Hbond substituents is 1. The van der Waals surface area contributed by atoms with E-state index in [4.69, 9.17) is 28.7 Å². The summed E-state index contributed by atoms with van der Waals surface area (Å²) >= 11 is 0. The molecule has 0 spiro atoms. The molecule has 0 aliphatic rings. The number of alkyl halides is 3. The molecule has 10 heterocycles. The first-order valence-electron chi connectivity index (χ1n) is 38.3. The fraction of sp³-hybridized carbons (Fsp3) is 0.0104. The second-order valence-electron chi connectivity index (χ2n) is 28.0. The molecule has 0 aliphatic heterocycles. The van der Waals surface area contributed by atoms with Gasteiger partial charge >= 0.3 is 6.36 Å². The van der Waals surface area contributed by atoms with E-state index in [0.717, 1.165) is 119 Å². The summed E-state index contributed by atoms with van der Waals surface area (Å²) in [6.45, 7) is 0. The molecule has 11 N–H and O–H groups in total. The van der Waals surface area contributed by atoms with E-state index in [0.29, 0.717) is 101 Å². The van der Waals surface area contributed by atoms with E-state index in [2.05, 4.69) is 79.5 Å². The minimum atomic E-state index is -4.76. The van der Waals surface area contributed by atoms with Gasteiger partial charge in [-0.2, -0.15) is 0 Å². The zero-order chi connectivity index (χ0) is 88.4. The molecule has 22 nitrogen and oxygen atoms in total. The number of rotatable bonds is 11. The van der Waals surface area contributed by atoms with E-state index in [1.165, 1.54) is 68.0 Å². The molecule has 622 valence electrons. The van der Waals surface area contributed by atoms with Gasteiger partial charge in [0.2, 0.25) is 0 Å². The van der Waals surface area contributed by atoms with E-state index in [1.807, 2.05) is 121 Å². The third-order valence-electron chi connectivity index (χ3n) is 19.9. The van der Waals surface area contributed by atoms with Crippen LogP contribution in [0.15, 0.2) is 317 Å². The number of benzene rings is 10. The van der Waals surface area contributed by atoms with Crippen LogP contribution in [-0.4, -0.2) is 86.2 Å². The van der Waals surface area contributed by atoms with Gasteiger partial charge in [-0.1, -0.05) is 84.9 Å². The first-order valence-corrected chi connectivity index (χ1v) is 38.3. The first-order chi connectivity index (χ1) is 61.5. The van der Waals surface area contributed by atoms with Gasteiger partial charge in [0.25, 0.3) is 0 Å². The highest BCUT2D eigenvalue weighted by Gasteiger charge is 2.31. The standard InChI is InChI=1S/C20H13F3N4O.3C19H12F2N4.C19H14N4O/c21-20(22,23)28-14-4-1-3-13(9-14)18-15(5-2-8-25-18)12-6-7-17-16(10-12)19(24)27-11-26-17;20-12-4-5-16(21)14(9-12)18-13(2-1-7-23-18)11-3-6-17-15(8-11)19(22)25-10-24-17;20-12-4-5-14(16(21)9-12)18-13(2-1-7-23-18)11-3-6-17-15(8-11)19(22)25-10-24-17;20-15-5-3-12(9-16(15)21)18-13(2-1-7-23-18)11-4-6-17-14(8-11)19(22)25-10-24-17;20-19-16-10-12(6-7-17(16)22-11-23-19)15-5-2-8-21-18(15)13-3-1-4-14(24)9-13/h1-11H,(H2,24,26,27);3*1-10H,(H2,22,24,25);1-11,24H,(H2,20,22,23). The third-order valence-corrected chi connectivity index (χ3v) is 19.9. The lowest BCUT2D eigenvalue weighted by molar-refractivity contribution is -0.274. The normalized spacial score (nSPS) is 11.1. The van der Waals surface area contributed by atoms with Gasteiger partial charge in [-0.25, -0.2) is 76.2 Å². The Balaban J connectivity index is 0.000000117.